The van der Waals surface area contributed by atoms with Gasteiger partial charge in [0.15, 0.2) is 22.9 Å². The van der Waals surface area contributed by atoms with Gasteiger partial charge in [-0.05, 0) is 55.5 Å². The van der Waals surface area contributed by atoms with Crippen LogP contribution in [-0.2, 0) is 0 Å². The van der Waals surface area contributed by atoms with E-state index in [9.17, 15) is 9.18 Å². The Balaban J connectivity index is 1.63. The number of carbonyl (C=O) groups is 1. The lowest BCUT2D eigenvalue weighted by atomic mass is 10.1. The Morgan fingerprint density at radius 2 is 1.93 bits per heavy atom. The summed E-state index contributed by atoms with van der Waals surface area (Å²) in [7, 11) is 1.40. The number of methoxy groups -OCH3 is 1. The van der Waals surface area contributed by atoms with Crippen molar-refractivity contribution in [3.8, 4) is 22.8 Å². The third-order valence-corrected chi connectivity index (χ3v) is 4.46. The van der Waals surface area contributed by atoms with E-state index in [0.29, 0.717) is 29.2 Å². The van der Waals surface area contributed by atoms with Crippen LogP contribution in [0, 0.1) is 5.82 Å². The van der Waals surface area contributed by atoms with Gasteiger partial charge in [0.05, 0.1) is 19.4 Å². The van der Waals surface area contributed by atoms with Crippen LogP contribution in [0.4, 0.5) is 10.1 Å². The smallest absolute Gasteiger partial charge is 0.276 e. The van der Waals surface area contributed by atoms with Gasteiger partial charge in [0.25, 0.3) is 5.91 Å². The number of rotatable bonds is 6. The monoisotopic (exact) mass is 406 g/mol. The first-order chi connectivity index (χ1) is 14.6. The number of hydrogen-bond donors (Lipinski definition) is 1. The first kappa shape index (κ1) is 19.4. The first-order valence-electron chi connectivity index (χ1n) is 9.32. The van der Waals surface area contributed by atoms with E-state index in [2.05, 4.69) is 15.4 Å². The lowest BCUT2D eigenvalue weighted by molar-refractivity contribution is 0.102. The van der Waals surface area contributed by atoms with Crippen molar-refractivity contribution >= 4 is 17.2 Å². The molecule has 2 heterocycles. The van der Waals surface area contributed by atoms with E-state index in [4.69, 9.17) is 9.47 Å². The lowest BCUT2D eigenvalue weighted by Crippen LogP contribution is -2.12. The van der Waals surface area contributed by atoms with Gasteiger partial charge >= 0.3 is 0 Å². The zero-order chi connectivity index (χ0) is 21.1. The normalized spacial score (nSPS) is 10.8. The number of ether oxygens (including phenoxy) is 2. The Morgan fingerprint density at radius 1 is 1.13 bits per heavy atom. The van der Waals surface area contributed by atoms with Crippen LogP contribution in [0.25, 0.3) is 16.9 Å². The van der Waals surface area contributed by atoms with Crippen LogP contribution in [0.2, 0.25) is 0 Å². The minimum absolute atomic E-state index is 0.123. The largest absolute Gasteiger partial charge is 0.494 e. The highest BCUT2D eigenvalue weighted by atomic mass is 19.1. The van der Waals surface area contributed by atoms with E-state index < -0.39 is 5.82 Å². The summed E-state index contributed by atoms with van der Waals surface area (Å²) >= 11 is 0. The maximum absolute atomic E-state index is 13.8. The highest BCUT2D eigenvalue weighted by Crippen LogP contribution is 2.26. The van der Waals surface area contributed by atoms with E-state index in [1.807, 2.05) is 6.92 Å². The van der Waals surface area contributed by atoms with E-state index in [1.54, 1.807) is 59.2 Å². The van der Waals surface area contributed by atoms with Gasteiger partial charge in [-0.1, -0.05) is 0 Å². The Labute approximate surface area is 172 Å². The fraction of sp³-hybridized carbons (Fsp3) is 0.136. The Kier molecular flexibility index (Phi) is 5.30. The molecule has 0 fully saturated rings. The molecule has 2 aromatic heterocycles. The number of anilines is 1. The average Bonchev–Trinajstić information content (AvgIpc) is 3.20. The van der Waals surface area contributed by atoms with Crippen molar-refractivity contribution in [2.45, 2.75) is 6.92 Å². The molecule has 0 saturated carbocycles. The minimum atomic E-state index is -0.456. The summed E-state index contributed by atoms with van der Waals surface area (Å²) in [6.07, 6.45) is 1.61. The molecule has 2 aromatic carbocycles. The van der Waals surface area contributed by atoms with Crippen molar-refractivity contribution in [3.05, 3.63) is 72.3 Å². The predicted octanol–water partition coefficient (Wildman–Crippen LogP) is 4.20. The second-order valence-corrected chi connectivity index (χ2v) is 6.39. The maximum atomic E-state index is 13.8. The molecule has 152 valence electrons. The molecular weight excluding hydrogens is 387 g/mol. The molecule has 0 aliphatic rings. The number of nitrogens with zero attached hydrogens (tertiary/aromatic N) is 3. The maximum Gasteiger partial charge on any atom is 0.276 e. The number of carbonyl (C=O) groups excluding carboxylic acids is 1. The van der Waals surface area contributed by atoms with Crippen LogP contribution in [0.3, 0.4) is 0 Å². The SMILES string of the molecule is CCOc1ccc(NC(=O)c2cc3nccc(-c4ccc(F)c(OC)c4)n3n2)cc1. The van der Waals surface area contributed by atoms with E-state index in [0.717, 1.165) is 5.75 Å². The van der Waals surface area contributed by atoms with Gasteiger partial charge in [0.2, 0.25) is 0 Å². The molecular formula is C22H19FN4O3. The summed E-state index contributed by atoms with van der Waals surface area (Å²) in [4.78, 5) is 16.9. The van der Waals surface area contributed by atoms with Gasteiger partial charge in [-0.3, -0.25) is 4.79 Å². The summed E-state index contributed by atoms with van der Waals surface area (Å²) in [5.74, 6) is 0.0274. The molecule has 0 aliphatic heterocycles. The first-order valence-corrected chi connectivity index (χ1v) is 9.32. The molecule has 4 rings (SSSR count). The molecule has 30 heavy (non-hydrogen) atoms. The van der Waals surface area contributed by atoms with Crippen molar-refractivity contribution in [1.82, 2.24) is 14.6 Å². The van der Waals surface area contributed by atoms with Gasteiger partial charge in [0, 0.05) is 23.5 Å². The Morgan fingerprint density at radius 3 is 2.67 bits per heavy atom. The molecule has 1 amide bonds. The average molecular weight is 406 g/mol. The van der Waals surface area contributed by atoms with Crippen molar-refractivity contribution in [3.63, 3.8) is 0 Å². The summed E-state index contributed by atoms with van der Waals surface area (Å²) < 4.78 is 25.8. The standard InChI is InChI=1S/C22H19FN4O3/c1-3-30-16-7-5-15(6-8-16)25-22(28)18-13-21-24-11-10-19(27(21)26-18)14-4-9-17(23)20(12-14)29-2/h4-13H,3H2,1-2H3,(H,25,28). The van der Waals surface area contributed by atoms with Gasteiger partial charge in [0.1, 0.15) is 5.75 Å². The fourth-order valence-electron chi connectivity index (χ4n) is 3.04. The van der Waals surface area contributed by atoms with Gasteiger partial charge in [-0.15, -0.1) is 0 Å². The molecule has 0 bridgehead atoms. The van der Waals surface area contributed by atoms with Crippen LogP contribution < -0.4 is 14.8 Å². The minimum Gasteiger partial charge on any atom is -0.494 e. The van der Waals surface area contributed by atoms with Crippen molar-refractivity contribution in [2.24, 2.45) is 0 Å². The number of aromatic nitrogens is 3. The molecule has 0 aliphatic carbocycles. The van der Waals surface area contributed by atoms with Crippen molar-refractivity contribution in [2.75, 3.05) is 19.0 Å². The van der Waals surface area contributed by atoms with Gasteiger partial charge in [-0.25, -0.2) is 13.9 Å². The summed E-state index contributed by atoms with van der Waals surface area (Å²) in [6, 6.07) is 14.9. The Hall–Kier alpha value is -3.94. The third kappa shape index (κ3) is 3.80. The second kappa shape index (κ2) is 8.20. The van der Waals surface area contributed by atoms with Crippen LogP contribution in [0.1, 0.15) is 17.4 Å². The van der Waals surface area contributed by atoms with E-state index in [1.165, 1.54) is 13.2 Å². The highest BCUT2D eigenvalue weighted by Gasteiger charge is 2.15. The molecule has 0 radical (unpaired) electrons. The van der Waals surface area contributed by atoms with Crippen LogP contribution in [0.15, 0.2) is 60.8 Å². The molecule has 0 saturated heterocycles. The lowest BCUT2D eigenvalue weighted by Gasteiger charge is -2.07. The zero-order valence-corrected chi connectivity index (χ0v) is 16.4. The number of benzene rings is 2. The third-order valence-electron chi connectivity index (χ3n) is 4.46. The quantitative estimate of drug-likeness (QED) is 0.519. The number of halogens is 1. The van der Waals surface area contributed by atoms with Crippen molar-refractivity contribution in [1.29, 1.82) is 0 Å². The summed E-state index contributed by atoms with van der Waals surface area (Å²) in [5.41, 5.74) is 2.66. The summed E-state index contributed by atoms with van der Waals surface area (Å²) in [6.45, 7) is 2.48. The molecule has 0 unspecified atom stereocenters. The molecule has 8 heteroatoms. The van der Waals surface area contributed by atoms with Crippen molar-refractivity contribution < 1.29 is 18.7 Å². The van der Waals surface area contributed by atoms with Crippen LogP contribution >= 0.6 is 0 Å². The molecule has 0 atom stereocenters. The van der Waals surface area contributed by atoms with Gasteiger partial charge < -0.3 is 14.8 Å². The number of amides is 1. The fourth-order valence-corrected chi connectivity index (χ4v) is 3.04. The molecule has 7 nitrogen and oxygen atoms in total. The zero-order valence-electron chi connectivity index (χ0n) is 16.4. The second-order valence-electron chi connectivity index (χ2n) is 6.39. The topological polar surface area (TPSA) is 77.8 Å². The highest BCUT2D eigenvalue weighted by molar-refractivity contribution is 6.03. The van der Waals surface area contributed by atoms with Gasteiger partial charge in [-0.2, -0.15) is 5.10 Å². The van der Waals surface area contributed by atoms with Crippen LogP contribution in [-0.4, -0.2) is 34.2 Å². The number of nitrogens with one attached hydrogen (secondary N) is 1. The molecule has 0 spiro atoms. The van der Waals surface area contributed by atoms with E-state index in [-0.39, 0.29) is 17.4 Å². The molecule has 1 N–H and O–H groups in total. The molecule has 4 aromatic rings. The number of fused-ring (bicyclic) bond motifs is 1. The van der Waals surface area contributed by atoms with E-state index >= 15 is 0 Å². The Bertz CT molecular complexity index is 1200. The summed E-state index contributed by atoms with van der Waals surface area (Å²) in [5, 5.41) is 7.20. The van der Waals surface area contributed by atoms with Crippen LogP contribution in [0.5, 0.6) is 11.5 Å². The predicted molar refractivity (Wildman–Crippen MR) is 110 cm³/mol. The number of hydrogen-bond acceptors (Lipinski definition) is 5.